The molecule has 1 saturated carbocycles. The summed E-state index contributed by atoms with van der Waals surface area (Å²) < 4.78 is 0. The van der Waals surface area contributed by atoms with Gasteiger partial charge in [-0.3, -0.25) is 9.69 Å². The number of hydrogen-bond donors (Lipinski definition) is 0. The van der Waals surface area contributed by atoms with Crippen LogP contribution in [-0.4, -0.2) is 60.0 Å². The fourth-order valence-corrected chi connectivity index (χ4v) is 5.63. The lowest BCUT2D eigenvalue weighted by molar-refractivity contribution is -0.136. The smallest absolute Gasteiger partial charge is 0.225 e. The summed E-state index contributed by atoms with van der Waals surface area (Å²) in [6.45, 7) is 7.00. The molecule has 0 bridgehead atoms. The lowest BCUT2D eigenvalue weighted by Crippen LogP contribution is -2.50. The van der Waals surface area contributed by atoms with Crippen LogP contribution >= 0.6 is 11.3 Å². The topological polar surface area (TPSA) is 39.7 Å². The summed E-state index contributed by atoms with van der Waals surface area (Å²) in [4.78, 5) is 24.7. The molecular weight excluding hydrogens is 356 g/mol. The number of aromatic nitrogens is 1. The largest absolute Gasteiger partial charge is 0.345 e. The van der Waals surface area contributed by atoms with E-state index < -0.39 is 0 Å². The number of likely N-dealkylation sites (tertiary alicyclic amines) is 1. The zero-order valence-corrected chi connectivity index (χ0v) is 17.4. The van der Waals surface area contributed by atoms with Crippen LogP contribution in [0.15, 0.2) is 5.38 Å². The first-order valence-corrected chi connectivity index (χ1v) is 11.9. The Kier molecular flexibility index (Phi) is 6.66. The van der Waals surface area contributed by atoms with Gasteiger partial charge >= 0.3 is 0 Å². The molecule has 5 nitrogen and oxygen atoms in total. The second-order valence-corrected chi connectivity index (χ2v) is 9.30. The van der Waals surface area contributed by atoms with Crippen LogP contribution in [0.3, 0.4) is 0 Å². The number of thiazole rings is 1. The van der Waals surface area contributed by atoms with Crippen LogP contribution in [0.2, 0.25) is 0 Å². The van der Waals surface area contributed by atoms with E-state index in [0.29, 0.717) is 11.8 Å². The number of amides is 1. The minimum absolute atomic E-state index is 0.297. The van der Waals surface area contributed by atoms with Crippen molar-refractivity contribution in [2.24, 2.45) is 5.92 Å². The third kappa shape index (κ3) is 5.02. The van der Waals surface area contributed by atoms with Gasteiger partial charge in [0.2, 0.25) is 5.91 Å². The minimum Gasteiger partial charge on any atom is -0.345 e. The molecule has 0 aromatic carbocycles. The molecule has 0 radical (unpaired) electrons. The van der Waals surface area contributed by atoms with Crippen molar-refractivity contribution < 1.29 is 4.79 Å². The highest BCUT2D eigenvalue weighted by Crippen LogP contribution is 2.27. The molecule has 4 rings (SSSR count). The standard InChI is InChI=1S/C21H34N4OS/c26-20(18-8-4-3-5-9-18)24-12-14-25(15-13-24)21-22-19(17-27-21)16-23-10-6-1-2-7-11-23/h17-18H,1-16H2. The molecule has 3 fully saturated rings. The summed E-state index contributed by atoms with van der Waals surface area (Å²) in [6.07, 6.45) is 11.4. The maximum Gasteiger partial charge on any atom is 0.225 e. The molecule has 27 heavy (non-hydrogen) atoms. The van der Waals surface area contributed by atoms with Gasteiger partial charge in [0, 0.05) is 44.0 Å². The molecule has 2 aliphatic heterocycles. The van der Waals surface area contributed by atoms with Gasteiger partial charge in [0.1, 0.15) is 0 Å². The van der Waals surface area contributed by atoms with Crippen molar-refractivity contribution >= 4 is 22.4 Å². The van der Waals surface area contributed by atoms with Crippen LogP contribution in [0.1, 0.15) is 63.5 Å². The maximum absolute atomic E-state index is 12.7. The molecule has 150 valence electrons. The third-order valence-electron chi connectivity index (χ3n) is 6.44. The molecule has 1 aromatic heterocycles. The molecule has 0 spiro atoms. The van der Waals surface area contributed by atoms with Crippen molar-refractivity contribution in [3.05, 3.63) is 11.1 Å². The van der Waals surface area contributed by atoms with E-state index in [1.165, 1.54) is 63.7 Å². The van der Waals surface area contributed by atoms with Gasteiger partial charge in [0.25, 0.3) is 0 Å². The van der Waals surface area contributed by atoms with Crippen LogP contribution in [0, 0.1) is 5.92 Å². The lowest BCUT2D eigenvalue weighted by Gasteiger charge is -2.37. The van der Waals surface area contributed by atoms with Gasteiger partial charge in [-0.15, -0.1) is 11.3 Å². The van der Waals surface area contributed by atoms with Gasteiger partial charge in [-0.1, -0.05) is 32.1 Å². The first kappa shape index (κ1) is 19.2. The summed E-state index contributed by atoms with van der Waals surface area (Å²) in [5, 5.41) is 3.38. The number of carbonyl (C=O) groups is 1. The number of rotatable bonds is 4. The zero-order valence-electron chi connectivity index (χ0n) is 16.6. The van der Waals surface area contributed by atoms with Gasteiger partial charge in [0.15, 0.2) is 5.13 Å². The highest BCUT2D eigenvalue weighted by molar-refractivity contribution is 7.13. The van der Waals surface area contributed by atoms with E-state index in [1.807, 2.05) is 0 Å². The van der Waals surface area contributed by atoms with Crippen LogP contribution < -0.4 is 4.90 Å². The SMILES string of the molecule is O=C(C1CCCCC1)N1CCN(c2nc(CN3CCCCCC3)cs2)CC1. The molecule has 1 amide bonds. The van der Waals surface area contributed by atoms with E-state index in [-0.39, 0.29) is 0 Å². The minimum atomic E-state index is 0.297. The number of carbonyl (C=O) groups excluding carboxylic acids is 1. The van der Waals surface area contributed by atoms with Crippen molar-refractivity contribution in [1.82, 2.24) is 14.8 Å². The lowest BCUT2D eigenvalue weighted by atomic mass is 9.88. The van der Waals surface area contributed by atoms with Gasteiger partial charge < -0.3 is 9.80 Å². The van der Waals surface area contributed by atoms with E-state index in [2.05, 4.69) is 20.1 Å². The van der Waals surface area contributed by atoms with Gasteiger partial charge in [0.05, 0.1) is 5.69 Å². The van der Waals surface area contributed by atoms with E-state index in [4.69, 9.17) is 4.98 Å². The summed E-state index contributed by atoms with van der Waals surface area (Å²) in [6, 6.07) is 0. The Hall–Kier alpha value is -1.14. The molecule has 0 N–H and O–H groups in total. The monoisotopic (exact) mass is 390 g/mol. The summed E-state index contributed by atoms with van der Waals surface area (Å²) in [5.41, 5.74) is 1.22. The van der Waals surface area contributed by atoms with Gasteiger partial charge in [-0.2, -0.15) is 0 Å². The van der Waals surface area contributed by atoms with Crippen molar-refractivity contribution in [3.63, 3.8) is 0 Å². The highest BCUT2D eigenvalue weighted by atomic mass is 32.1. The molecule has 0 atom stereocenters. The maximum atomic E-state index is 12.7. The fraction of sp³-hybridized carbons (Fsp3) is 0.810. The first-order valence-electron chi connectivity index (χ1n) is 11.0. The molecule has 6 heteroatoms. The van der Waals surface area contributed by atoms with Gasteiger partial charge in [-0.25, -0.2) is 4.98 Å². The summed E-state index contributed by atoms with van der Waals surface area (Å²) >= 11 is 1.77. The molecule has 3 heterocycles. The molecular formula is C21H34N4OS. The highest BCUT2D eigenvalue weighted by Gasteiger charge is 2.29. The molecule has 3 aliphatic rings. The Morgan fingerprint density at radius 3 is 2.30 bits per heavy atom. The molecule has 0 unspecified atom stereocenters. The Morgan fingerprint density at radius 2 is 1.59 bits per heavy atom. The molecule has 2 saturated heterocycles. The Morgan fingerprint density at radius 1 is 0.926 bits per heavy atom. The Bertz CT molecular complexity index is 597. The fourth-order valence-electron chi connectivity index (χ4n) is 4.76. The second-order valence-electron chi connectivity index (χ2n) is 8.46. The predicted octanol–water partition coefficient (Wildman–Crippen LogP) is 3.75. The van der Waals surface area contributed by atoms with E-state index >= 15 is 0 Å². The Balaban J connectivity index is 1.27. The number of nitrogens with zero attached hydrogens (tertiary/aromatic N) is 4. The summed E-state index contributed by atoms with van der Waals surface area (Å²) in [7, 11) is 0. The van der Waals surface area contributed by atoms with Crippen molar-refractivity contribution in [2.45, 2.75) is 64.3 Å². The van der Waals surface area contributed by atoms with Crippen LogP contribution in [0.5, 0.6) is 0 Å². The predicted molar refractivity (Wildman–Crippen MR) is 111 cm³/mol. The van der Waals surface area contributed by atoms with E-state index in [0.717, 1.165) is 50.7 Å². The number of hydrogen-bond acceptors (Lipinski definition) is 5. The van der Waals surface area contributed by atoms with E-state index in [1.54, 1.807) is 11.3 Å². The summed E-state index contributed by atoms with van der Waals surface area (Å²) in [5.74, 6) is 0.709. The van der Waals surface area contributed by atoms with Crippen LogP contribution in [-0.2, 0) is 11.3 Å². The van der Waals surface area contributed by atoms with Crippen LogP contribution in [0.4, 0.5) is 5.13 Å². The average molecular weight is 391 g/mol. The van der Waals surface area contributed by atoms with Crippen molar-refractivity contribution in [3.8, 4) is 0 Å². The van der Waals surface area contributed by atoms with Crippen molar-refractivity contribution in [1.29, 1.82) is 0 Å². The average Bonchev–Trinajstić information content (AvgIpc) is 3.03. The number of anilines is 1. The zero-order chi connectivity index (χ0) is 18.5. The van der Waals surface area contributed by atoms with E-state index in [9.17, 15) is 4.79 Å². The van der Waals surface area contributed by atoms with Crippen LogP contribution in [0.25, 0.3) is 0 Å². The third-order valence-corrected chi connectivity index (χ3v) is 7.39. The van der Waals surface area contributed by atoms with Crippen molar-refractivity contribution in [2.75, 3.05) is 44.2 Å². The second kappa shape index (κ2) is 9.37. The normalized spacial score (nSPS) is 23.4. The number of piperazine rings is 1. The van der Waals surface area contributed by atoms with Gasteiger partial charge in [-0.05, 0) is 38.8 Å². The molecule has 1 aliphatic carbocycles. The quantitative estimate of drug-likeness (QED) is 0.785. The first-order chi connectivity index (χ1) is 13.3. The Labute approximate surface area is 167 Å². The molecule has 1 aromatic rings.